The lowest BCUT2D eigenvalue weighted by molar-refractivity contribution is -0.125. The number of hydrogen-bond donors (Lipinski definition) is 1. The van der Waals surface area contributed by atoms with Gasteiger partial charge in [0.2, 0.25) is 0 Å². The van der Waals surface area contributed by atoms with Gasteiger partial charge in [-0.15, -0.1) is 0 Å². The Kier molecular flexibility index (Phi) is 2.82. The van der Waals surface area contributed by atoms with E-state index in [2.05, 4.69) is 0 Å². The summed E-state index contributed by atoms with van der Waals surface area (Å²) in [4.78, 5) is 10.3. The van der Waals surface area contributed by atoms with E-state index in [1.807, 2.05) is 0 Å². The van der Waals surface area contributed by atoms with E-state index in [-0.39, 0.29) is 6.42 Å². The van der Waals surface area contributed by atoms with E-state index >= 15 is 0 Å². The number of aliphatic hydroxyl groups excluding tert-OH is 1. The van der Waals surface area contributed by atoms with Gasteiger partial charge >= 0.3 is 0 Å². The third kappa shape index (κ3) is 2.32. The second-order valence-corrected chi connectivity index (χ2v) is 1.48. The molecule has 0 bridgehead atoms. The van der Waals surface area contributed by atoms with Gasteiger partial charge in [0.05, 0.1) is 12.5 Å². The minimum Gasteiger partial charge on any atom is -0.386 e. The number of nitriles is 1. The SMILES string of the molecule is CC(O)C(=O)CC#N. The van der Waals surface area contributed by atoms with Gasteiger partial charge in [0, 0.05) is 0 Å². The Labute approximate surface area is 47.5 Å². The van der Waals surface area contributed by atoms with Crippen LogP contribution in [0.5, 0.6) is 0 Å². The first kappa shape index (κ1) is 7.12. The summed E-state index contributed by atoms with van der Waals surface area (Å²) in [6.45, 7) is 1.35. The number of hydrogen-bond acceptors (Lipinski definition) is 3. The maximum atomic E-state index is 10.3. The van der Waals surface area contributed by atoms with E-state index in [0.29, 0.717) is 0 Å². The van der Waals surface area contributed by atoms with Crippen molar-refractivity contribution < 1.29 is 9.90 Å². The molecule has 1 N–H and O–H groups in total. The molecule has 0 amide bonds. The van der Waals surface area contributed by atoms with E-state index in [0.717, 1.165) is 0 Å². The Morgan fingerprint density at radius 1 is 2.00 bits per heavy atom. The van der Waals surface area contributed by atoms with E-state index < -0.39 is 11.9 Å². The van der Waals surface area contributed by atoms with Crippen LogP contribution in [0.15, 0.2) is 0 Å². The molecule has 0 aromatic heterocycles. The standard InChI is InChI=1S/C5H7NO2/c1-4(7)5(8)2-3-6/h4,7H,2H2,1H3. The second-order valence-electron chi connectivity index (χ2n) is 1.48. The molecule has 0 aliphatic rings. The van der Waals surface area contributed by atoms with Gasteiger partial charge < -0.3 is 5.11 Å². The smallest absolute Gasteiger partial charge is 0.174 e. The number of ketones is 1. The molecule has 0 spiro atoms. The van der Waals surface area contributed by atoms with Gasteiger partial charge in [-0.1, -0.05) is 0 Å². The third-order valence-corrected chi connectivity index (χ3v) is 0.719. The molecule has 3 heteroatoms. The molecule has 0 heterocycles. The summed E-state index contributed by atoms with van der Waals surface area (Å²) in [6.07, 6.45) is -1.19. The van der Waals surface area contributed by atoms with Crippen molar-refractivity contribution in [2.24, 2.45) is 0 Å². The maximum absolute atomic E-state index is 10.3. The molecule has 44 valence electrons. The summed E-state index contributed by atoms with van der Waals surface area (Å²) < 4.78 is 0. The molecule has 1 atom stereocenters. The zero-order valence-electron chi connectivity index (χ0n) is 4.59. The molecule has 0 saturated heterocycles. The van der Waals surface area contributed by atoms with Crippen molar-refractivity contribution in [3.8, 4) is 6.07 Å². The zero-order chi connectivity index (χ0) is 6.57. The Morgan fingerprint density at radius 3 is 2.62 bits per heavy atom. The predicted molar refractivity (Wildman–Crippen MR) is 26.9 cm³/mol. The van der Waals surface area contributed by atoms with Crippen LogP contribution in [0.4, 0.5) is 0 Å². The first-order valence-electron chi connectivity index (χ1n) is 2.26. The molecule has 0 aromatic rings. The van der Waals surface area contributed by atoms with Crippen molar-refractivity contribution >= 4 is 5.78 Å². The van der Waals surface area contributed by atoms with Crippen LogP contribution in [-0.2, 0) is 4.79 Å². The van der Waals surface area contributed by atoms with E-state index in [9.17, 15) is 4.79 Å². The van der Waals surface area contributed by atoms with Gasteiger partial charge in [-0.25, -0.2) is 0 Å². The van der Waals surface area contributed by atoms with Gasteiger partial charge in [0.25, 0.3) is 0 Å². The average Bonchev–Trinajstić information content (AvgIpc) is 1.67. The van der Waals surface area contributed by atoms with Crippen molar-refractivity contribution in [3.05, 3.63) is 0 Å². The van der Waals surface area contributed by atoms with Gasteiger partial charge in [-0.05, 0) is 6.92 Å². The van der Waals surface area contributed by atoms with Gasteiger partial charge in [-0.3, -0.25) is 4.79 Å². The molecule has 0 radical (unpaired) electrons. The predicted octanol–water partition coefficient (Wildman–Crippen LogP) is -0.150. The number of rotatable bonds is 2. The summed E-state index contributed by atoms with van der Waals surface area (Å²) in [7, 11) is 0. The van der Waals surface area contributed by atoms with E-state index in [4.69, 9.17) is 10.4 Å². The van der Waals surface area contributed by atoms with Crippen molar-refractivity contribution in [1.82, 2.24) is 0 Å². The summed E-state index contributed by atoms with van der Waals surface area (Å²) in [5, 5.41) is 16.4. The molecule has 3 nitrogen and oxygen atoms in total. The normalized spacial score (nSPS) is 12.1. The number of nitrogens with zero attached hydrogens (tertiary/aromatic N) is 1. The summed E-state index contributed by atoms with van der Waals surface area (Å²) >= 11 is 0. The van der Waals surface area contributed by atoms with Crippen LogP contribution in [0, 0.1) is 11.3 Å². The molecule has 0 fully saturated rings. The molecular formula is C5H7NO2. The summed E-state index contributed by atoms with van der Waals surface area (Å²) in [5.74, 6) is -0.424. The van der Waals surface area contributed by atoms with Crippen molar-refractivity contribution in [2.45, 2.75) is 19.4 Å². The Balaban J connectivity index is 3.53. The summed E-state index contributed by atoms with van der Waals surface area (Å²) in [6, 6.07) is 1.64. The van der Waals surface area contributed by atoms with E-state index in [1.54, 1.807) is 6.07 Å². The highest BCUT2D eigenvalue weighted by Crippen LogP contribution is 1.86. The average molecular weight is 113 g/mol. The molecule has 0 saturated carbocycles. The van der Waals surface area contributed by atoms with Gasteiger partial charge in [-0.2, -0.15) is 5.26 Å². The highest BCUT2D eigenvalue weighted by molar-refractivity contribution is 5.84. The monoisotopic (exact) mass is 113 g/mol. The quantitative estimate of drug-likeness (QED) is 0.541. The molecule has 0 aromatic carbocycles. The maximum Gasteiger partial charge on any atom is 0.174 e. The lowest BCUT2D eigenvalue weighted by Gasteiger charge is -1.94. The van der Waals surface area contributed by atoms with Crippen molar-refractivity contribution in [2.75, 3.05) is 0 Å². The van der Waals surface area contributed by atoms with Crippen molar-refractivity contribution in [3.63, 3.8) is 0 Å². The largest absolute Gasteiger partial charge is 0.386 e. The Morgan fingerprint density at radius 2 is 2.50 bits per heavy atom. The number of carbonyl (C=O) groups is 1. The third-order valence-electron chi connectivity index (χ3n) is 0.719. The minimum atomic E-state index is -0.991. The Hall–Kier alpha value is -0.880. The highest BCUT2D eigenvalue weighted by atomic mass is 16.3. The number of Topliss-reactive ketones (excluding diaryl/α,β-unsaturated/α-hetero) is 1. The van der Waals surface area contributed by atoms with Crippen molar-refractivity contribution in [1.29, 1.82) is 5.26 Å². The fraction of sp³-hybridized carbons (Fsp3) is 0.600. The highest BCUT2D eigenvalue weighted by Gasteiger charge is 2.05. The lowest BCUT2D eigenvalue weighted by Crippen LogP contribution is -2.14. The number of carbonyl (C=O) groups excluding carboxylic acids is 1. The molecular weight excluding hydrogens is 106 g/mol. The van der Waals surface area contributed by atoms with Gasteiger partial charge in [0.15, 0.2) is 5.78 Å². The Bertz CT molecular complexity index is 123. The first-order valence-corrected chi connectivity index (χ1v) is 2.26. The second kappa shape index (κ2) is 3.16. The zero-order valence-corrected chi connectivity index (χ0v) is 4.59. The van der Waals surface area contributed by atoms with Crippen LogP contribution in [0.2, 0.25) is 0 Å². The molecule has 0 aliphatic heterocycles. The van der Waals surface area contributed by atoms with Gasteiger partial charge in [0.1, 0.15) is 6.10 Å². The molecule has 1 unspecified atom stereocenters. The minimum absolute atomic E-state index is 0.197. The molecule has 0 aliphatic carbocycles. The number of aliphatic hydroxyl groups is 1. The van der Waals surface area contributed by atoms with Crippen LogP contribution in [0.25, 0.3) is 0 Å². The molecule has 0 rings (SSSR count). The topological polar surface area (TPSA) is 61.1 Å². The fourth-order valence-corrected chi connectivity index (χ4v) is 0.226. The lowest BCUT2D eigenvalue weighted by atomic mass is 10.2. The van der Waals surface area contributed by atoms with Crippen LogP contribution in [0.3, 0.4) is 0 Å². The van der Waals surface area contributed by atoms with E-state index in [1.165, 1.54) is 6.92 Å². The van der Waals surface area contributed by atoms with Crippen LogP contribution >= 0.6 is 0 Å². The fourth-order valence-electron chi connectivity index (χ4n) is 0.226. The summed E-state index contributed by atoms with van der Waals surface area (Å²) in [5.41, 5.74) is 0. The van der Waals surface area contributed by atoms with Crippen LogP contribution < -0.4 is 0 Å². The van der Waals surface area contributed by atoms with Crippen LogP contribution in [0.1, 0.15) is 13.3 Å². The van der Waals surface area contributed by atoms with Crippen LogP contribution in [-0.4, -0.2) is 17.0 Å². The molecule has 8 heavy (non-hydrogen) atoms. The first-order chi connectivity index (χ1) is 3.68.